The van der Waals surface area contributed by atoms with E-state index in [0.29, 0.717) is 25.0 Å². The molecule has 0 bridgehead atoms. The van der Waals surface area contributed by atoms with Gasteiger partial charge >= 0.3 is 5.97 Å². The molecule has 102 valence electrons. The summed E-state index contributed by atoms with van der Waals surface area (Å²) in [6.07, 6.45) is 2.83. The summed E-state index contributed by atoms with van der Waals surface area (Å²) in [5, 5.41) is 2.69. The topological polar surface area (TPSA) is 55.4 Å². The molecule has 0 aromatic heterocycles. The fourth-order valence-corrected chi connectivity index (χ4v) is 1.61. The van der Waals surface area contributed by atoms with Gasteiger partial charge in [-0.15, -0.1) is 6.58 Å². The molecule has 0 aliphatic rings. The SMILES string of the molecule is C=CCCC(NC(=O)c1ccccc1)C(=O)OCC. The Kier molecular flexibility index (Phi) is 6.36. The number of hydrogen-bond acceptors (Lipinski definition) is 3. The fraction of sp³-hybridized carbons (Fsp3) is 0.333. The quantitative estimate of drug-likeness (QED) is 0.605. The lowest BCUT2D eigenvalue weighted by Gasteiger charge is -2.16. The second kappa shape index (κ2) is 8.08. The van der Waals surface area contributed by atoms with Gasteiger partial charge in [-0.3, -0.25) is 4.79 Å². The van der Waals surface area contributed by atoms with Gasteiger partial charge in [0.15, 0.2) is 0 Å². The van der Waals surface area contributed by atoms with Crippen molar-refractivity contribution < 1.29 is 14.3 Å². The molecule has 0 fully saturated rings. The van der Waals surface area contributed by atoms with Gasteiger partial charge in [-0.25, -0.2) is 4.79 Å². The number of esters is 1. The summed E-state index contributed by atoms with van der Waals surface area (Å²) in [6.45, 7) is 5.64. The molecule has 1 rings (SSSR count). The summed E-state index contributed by atoms with van der Waals surface area (Å²) in [5.74, 6) is -0.684. The second-order valence-electron chi connectivity index (χ2n) is 4.01. The van der Waals surface area contributed by atoms with Crippen molar-refractivity contribution in [3.63, 3.8) is 0 Å². The highest BCUT2D eigenvalue weighted by Gasteiger charge is 2.21. The fourth-order valence-electron chi connectivity index (χ4n) is 1.61. The average Bonchev–Trinajstić information content (AvgIpc) is 2.44. The minimum absolute atomic E-state index is 0.275. The van der Waals surface area contributed by atoms with Gasteiger partial charge < -0.3 is 10.1 Å². The minimum atomic E-state index is -0.634. The maximum absolute atomic E-state index is 12.0. The Bertz CT molecular complexity index is 428. The van der Waals surface area contributed by atoms with E-state index in [0.717, 1.165) is 0 Å². The molecule has 1 aromatic carbocycles. The van der Waals surface area contributed by atoms with E-state index in [1.54, 1.807) is 37.3 Å². The lowest BCUT2D eigenvalue weighted by Crippen LogP contribution is -2.41. The lowest BCUT2D eigenvalue weighted by molar-refractivity contribution is -0.145. The van der Waals surface area contributed by atoms with Gasteiger partial charge in [-0.05, 0) is 31.9 Å². The van der Waals surface area contributed by atoms with E-state index < -0.39 is 12.0 Å². The average molecular weight is 261 g/mol. The van der Waals surface area contributed by atoms with Crippen LogP contribution in [0.3, 0.4) is 0 Å². The van der Waals surface area contributed by atoms with E-state index in [1.807, 2.05) is 6.07 Å². The highest BCUT2D eigenvalue weighted by Crippen LogP contribution is 2.04. The van der Waals surface area contributed by atoms with Crippen LogP contribution in [0.1, 0.15) is 30.1 Å². The van der Waals surface area contributed by atoms with Crippen LogP contribution in [0.15, 0.2) is 43.0 Å². The minimum Gasteiger partial charge on any atom is -0.464 e. The molecule has 1 amide bonds. The predicted molar refractivity (Wildman–Crippen MR) is 73.8 cm³/mol. The zero-order valence-electron chi connectivity index (χ0n) is 11.1. The first-order valence-corrected chi connectivity index (χ1v) is 6.32. The number of rotatable bonds is 7. The van der Waals surface area contributed by atoms with E-state index in [2.05, 4.69) is 11.9 Å². The maximum atomic E-state index is 12.0. The number of carbonyl (C=O) groups excluding carboxylic acids is 2. The number of benzene rings is 1. The molecule has 1 aromatic rings. The van der Waals surface area contributed by atoms with Crippen molar-refractivity contribution in [1.82, 2.24) is 5.32 Å². The molecule has 0 aliphatic heterocycles. The van der Waals surface area contributed by atoms with E-state index in [-0.39, 0.29) is 5.91 Å². The second-order valence-corrected chi connectivity index (χ2v) is 4.01. The first-order valence-electron chi connectivity index (χ1n) is 6.32. The van der Waals surface area contributed by atoms with Gasteiger partial charge in [0.25, 0.3) is 5.91 Å². The number of hydrogen-bond donors (Lipinski definition) is 1. The van der Waals surface area contributed by atoms with Crippen LogP contribution in [-0.4, -0.2) is 24.5 Å². The van der Waals surface area contributed by atoms with E-state index in [9.17, 15) is 9.59 Å². The van der Waals surface area contributed by atoms with Crippen LogP contribution < -0.4 is 5.32 Å². The van der Waals surface area contributed by atoms with Gasteiger partial charge in [-0.1, -0.05) is 24.3 Å². The highest BCUT2D eigenvalue weighted by atomic mass is 16.5. The van der Waals surface area contributed by atoms with Crippen molar-refractivity contribution in [3.8, 4) is 0 Å². The van der Waals surface area contributed by atoms with Crippen molar-refractivity contribution in [2.75, 3.05) is 6.61 Å². The molecular formula is C15H19NO3. The van der Waals surface area contributed by atoms with E-state index in [1.165, 1.54) is 0 Å². The molecule has 0 aliphatic carbocycles. The highest BCUT2D eigenvalue weighted by molar-refractivity contribution is 5.96. The molecule has 4 nitrogen and oxygen atoms in total. The van der Waals surface area contributed by atoms with Crippen LogP contribution in [0.25, 0.3) is 0 Å². The Morgan fingerprint density at radius 2 is 2.05 bits per heavy atom. The Balaban J connectivity index is 2.68. The van der Waals surface area contributed by atoms with Crippen LogP contribution in [0.4, 0.5) is 0 Å². The molecule has 0 saturated heterocycles. The zero-order valence-corrected chi connectivity index (χ0v) is 11.1. The summed E-state index contributed by atoms with van der Waals surface area (Å²) in [6, 6.07) is 8.15. The molecular weight excluding hydrogens is 242 g/mol. The maximum Gasteiger partial charge on any atom is 0.328 e. The van der Waals surface area contributed by atoms with Gasteiger partial charge in [-0.2, -0.15) is 0 Å². The van der Waals surface area contributed by atoms with Crippen LogP contribution >= 0.6 is 0 Å². The largest absolute Gasteiger partial charge is 0.464 e. The van der Waals surface area contributed by atoms with Crippen LogP contribution in [0, 0.1) is 0 Å². The van der Waals surface area contributed by atoms with Crippen molar-refractivity contribution in [1.29, 1.82) is 0 Å². The predicted octanol–water partition coefficient (Wildman–Crippen LogP) is 2.31. The van der Waals surface area contributed by atoms with Crippen molar-refractivity contribution in [3.05, 3.63) is 48.6 Å². The first kappa shape index (κ1) is 15.0. The normalized spacial score (nSPS) is 11.4. The Labute approximate surface area is 113 Å². The van der Waals surface area contributed by atoms with Crippen LogP contribution in [0.2, 0.25) is 0 Å². The summed E-state index contributed by atoms with van der Waals surface area (Å²) < 4.78 is 4.95. The molecule has 1 unspecified atom stereocenters. The molecule has 4 heteroatoms. The molecule has 19 heavy (non-hydrogen) atoms. The third kappa shape index (κ3) is 4.95. The number of ether oxygens (including phenoxy) is 1. The molecule has 1 atom stereocenters. The number of nitrogens with one attached hydrogen (secondary N) is 1. The number of carbonyl (C=O) groups is 2. The molecule has 0 spiro atoms. The Hall–Kier alpha value is -2.10. The first-order chi connectivity index (χ1) is 9.19. The molecule has 0 heterocycles. The standard InChI is InChI=1S/C15H19NO3/c1-3-5-11-13(15(18)19-4-2)16-14(17)12-9-7-6-8-10-12/h3,6-10,13H,1,4-5,11H2,2H3,(H,16,17). The summed E-state index contributed by atoms with van der Waals surface area (Å²) in [7, 11) is 0. The van der Waals surface area contributed by atoms with Crippen molar-refractivity contribution >= 4 is 11.9 Å². The molecule has 0 saturated carbocycles. The molecule has 0 radical (unpaired) electrons. The monoisotopic (exact) mass is 261 g/mol. The van der Waals surface area contributed by atoms with E-state index in [4.69, 9.17) is 4.74 Å². The van der Waals surface area contributed by atoms with Gasteiger partial charge in [0, 0.05) is 5.56 Å². The molecule has 1 N–H and O–H groups in total. The number of allylic oxidation sites excluding steroid dienone is 1. The smallest absolute Gasteiger partial charge is 0.328 e. The summed E-state index contributed by atoms with van der Waals surface area (Å²) in [5.41, 5.74) is 0.524. The third-order valence-corrected chi connectivity index (χ3v) is 2.57. The van der Waals surface area contributed by atoms with Crippen molar-refractivity contribution in [2.24, 2.45) is 0 Å². The van der Waals surface area contributed by atoms with Crippen LogP contribution in [-0.2, 0) is 9.53 Å². The number of amides is 1. The third-order valence-electron chi connectivity index (χ3n) is 2.57. The Morgan fingerprint density at radius 3 is 2.63 bits per heavy atom. The van der Waals surface area contributed by atoms with E-state index >= 15 is 0 Å². The summed E-state index contributed by atoms with van der Waals surface area (Å²) in [4.78, 5) is 23.7. The van der Waals surface area contributed by atoms with Gasteiger partial charge in [0.2, 0.25) is 0 Å². The van der Waals surface area contributed by atoms with Gasteiger partial charge in [0.05, 0.1) is 6.61 Å². The lowest BCUT2D eigenvalue weighted by atomic mass is 10.1. The summed E-state index contributed by atoms with van der Waals surface area (Å²) >= 11 is 0. The van der Waals surface area contributed by atoms with Crippen molar-refractivity contribution in [2.45, 2.75) is 25.8 Å². The Morgan fingerprint density at radius 1 is 1.37 bits per heavy atom. The van der Waals surface area contributed by atoms with Gasteiger partial charge in [0.1, 0.15) is 6.04 Å². The van der Waals surface area contributed by atoms with Crippen LogP contribution in [0.5, 0.6) is 0 Å². The zero-order chi connectivity index (χ0) is 14.1.